The van der Waals surface area contributed by atoms with Crippen LogP contribution < -0.4 is 19.5 Å². The number of aliphatic hydroxyl groups excluding tert-OH is 2. The van der Waals surface area contributed by atoms with Gasteiger partial charge in [-0.15, -0.1) is 0 Å². The molecule has 13 heteroatoms. The molecular formula is C41H48ClN5O7. The minimum absolute atomic E-state index is 0.0516. The number of hydrogen-bond donors (Lipinski definition) is 4. The molecule has 1 atom stereocenters. The van der Waals surface area contributed by atoms with Crippen LogP contribution in [0.4, 0.5) is 0 Å². The fourth-order valence-electron chi connectivity index (χ4n) is 6.41. The fourth-order valence-corrected chi connectivity index (χ4v) is 6.65. The van der Waals surface area contributed by atoms with Gasteiger partial charge in [0.25, 0.3) is 0 Å². The van der Waals surface area contributed by atoms with E-state index >= 15 is 0 Å². The number of β-amino-alcohol motifs (C(OH)–C–C–N with tert-alkyl or cyclic N) is 1. The Hall–Kier alpha value is -4.74. The number of carbonyl (C=O) groups is 1. The number of aliphatic carboxylic acids is 1. The Labute approximate surface area is 321 Å². The summed E-state index contributed by atoms with van der Waals surface area (Å²) in [6.07, 6.45) is 3.99. The highest BCUT2D eigenvalue weighted by molar-refractivity contribution is 6.32. The second-order valence-corrected chi connectivity index (χ2v) is 13.7. The number of carboxylic acid groups (broad SMARTS) is 1. The van der Waals surface area contributed by atoms with Crippen molar-refractivity contribution in [2.45, 2.75) is 46.1 Å². The van der Waals surface area contributed by atoms with Crippen LogP contribution in [0.2, 0.25) is 5.02 Å². The lowest BCUT2D eigenvalue weighted by Crippen LogP contribution is -2.47. The van der Waals surface area contributed by atoms with Crippen LogP contribution in [0, 0.1) is 25.2 Å². The minimum Gasteiger partial charge on any atom is -0.493 e. The molecule has 0 saturated carbocycles. The van der Waals surface area contributed by atoms with Crippen molar-refractivity contribution in [2.75, 3.05) is 59.1 Å². The fraction of sp³-hybridized carbons (Fsp3) is 0.390. The smallest absolute Gasteiger partial charge is 0.323 e. The molecule has 1 saturated heterocycles. The van der Waals surface area contributed by atoms with Crippen LogP contribution in [0.1, 0.15) is 39.8 Å². The van der Waals surface area contributed by atoms with Gasteiger partial charge in [0, 0.05) is 75.4 Å². The van der Waals surface area contributed by atoms with Crippen molar-refractivity contribution in [2.24, 2.45) is 0 Å². The van der Waals surface area contributed by atoms with Gasteiger partial charge in [0.1, 0.15) is 42.6 Å². The molecule has 1 fully saturated rings. The number of aliphatic hydroxyl groups is 2. The van der Waals surface area contributed by atoms with Crippen molar-refractivity contribution in [3.05, 3.63) is 105 Å². The molecule has 0 aliphatic carbocycles. The summed E-state index contributed by atoms with van der Waals surface area (Å²) in [6, 6.07) is 18.1. The molecular weight excluding hydrogens is 710 g/mol. The normalized spacial score (nSPS) is 14.0. The van der Waals surface area contributed by atoms with Gasteiger partial charge in [-0.2, -0.15) is 5.26 Å². The lowest BCUT2D eigenvalue weighted by molar-refractivity contribution is -0.140. The van der Waals surface area contributed by atoms with Crippen LogP contribution in [-0.2, 0) is 24.6 Å². The Morgan fingerprint density at radius 3 is 2.30 bits per heavy atom. The van der Waals surface area contributed by atoms with E-state index in [0.29, 0.717) is 39.8 Å². The van der Waals surface area contributed by atoms with Gasteiger partial charge < -0.3 is 34.4 Å². The third kappa shape index (κ3) is 10.9. The zero-order valence-corrected chi connectivity index (χ0v) is 31.5. The van der Waals surface area contributed by atoms with Crippen molar-refractivity contribution in [1.82, 2.24) is 20.1 Å². The van der Waals surface area contributed by atoms with Gasteiger partial charge in [-0.05, 0) is 66.3 Å². The molecule has 5 rings (SSSR count). The summed E-state index contributed by atoms with van der Waals surface area (Å²) < 4.78 is 18.7. The Morgan fingerprint density at radius 1 is 0.889 bits per heavy atom. The molecule has 0 amide bonds. The number of nitriles is 1. The first kappa shape index (κ1) is 40.4. The number of benzene rings is 3. The Kier molecular flexibility index (Phi) is 15.0. The van der Waals surface area contributed by atoms with E-state index in [1.54, 1.807) is 24.4 Å². The van der Waals surface area contributed by atoms with Crippen LogP contribution >= 0.6 is 11.6 Å². The third-order valence-electron chi connectivity index (χ3n) is 9.61. The lowest BCUT2D eigenvalue weighted by atomic mass is 9.93. The number of nitrogens with one attached hydrogen (secondary N) is 1. The molecule has 2 heterocycles. The summed E-state index contributed by atoms with van der Waals surface area (Å²) in [7, 11) is 0. The van der Waals surface area contributed by atoms with Gasteiger partial charge in [-0.1, -0.05) is 41.9 Å². The van der Waals surface area contributed by atoms with Gasteiger partial charge in [0.15, 0.2) is 0 Å². The van der Waals surface area contributed by atoms with Crippen molar-refractivity contribution in [3.8, 4) is 34.4 Å². The van der Waals surface area contributed by atoms with Crippen LogP contribution in [0.15, 0.2) is 67.0 Å². The molecule has 1 aliphatic rings. The van der Waals surface area contributed by atoms with Gasteiger partial charge >= 0.3 is 5.97 Å². The van der Waals surface area contributed by atoms with Crippen LogP contribution in [0.25, 0.3) is 11.1 Å². The van der Waals surface area contributed by atoms with E-state index < -0.39 is 18.6 Å². The summed E-state index contributed by atoms with van der Waals surface area (Å²) in [4.78, 5) is 20.3. The van der Waals surface area contributed by atoms with E-state index in [1.807, 2.05) is 24.3 Å². The summed E-state index contributed by atoms with van der Waals surface area (Å²) in [5, 5.41) is 40.5. The molecule has 286 valence electrons. The van der Waals surface area contributed by atoms with Gasteiger partial charge in [0.2, 0.25) is 0 Å². The maximum atomic E-state index is 11.5. The van der Waals surface area contributed by atoms with Gasteiger partial charge in [-0.3, -0.25) is 20.0 Å². The number of halogens is 1. The van der Waals surface area contributed by atoms with E-state index in [1.165, 1.54) is 6.20 Å². The first-order chi connectivity index (χ1) is 26.2. The van der Waals surface area contributed by atoms with Crippen molar-refractivity contribution >= 4 is 17.6 Å². The second kappa shape index (κ2) is 20.1. The number of carboxylic acids is 1. The predicted molar refractivity (Wildman–Crippen MR) is 206 cm³/mol. The highest BCUT2D eigenvalue weighted by Gasteiger charge is 2.20. The third-order valence-corrected chi connectivity index (χ3v) is 9.91. The van der Waals surface area contributed by atoms with Gasteiger partial charge in [-0.25, -0.2) is 0 Å². The Balaban J connectivity index is 1.26. The predicted octanol–water partition coefficient (Wildman–Crippen LogP) is 4.96. The highest BCUT2D eigenvalue weighted by atomic mass is 35.5. The van der Waals surface area contributed by atoms with Crippen molar-refractivity contribution < 1.29 is 34.3 Å². The second-order valence-electron chi connectivity index (χ2n) is 13.2. The zero-order chi connectivity index (χ0) is 38.5. The number of hydrogen-bond acceptors (Lipinski definition) is 11. The molecule has 0 radical (unpaired) electrons. The average Bonchev–Trinajstić information content (AvgIpc) is 3.17. The summed E-state index contributed by atoms with van der Waals surface area (Å²) in [5.74, 6) is 0.442. The first-order valence-corrected chi connectivity index (χ1v) is 18.4. The van der Waals surface area contributed by atoms with Crippen molar-refractivity contribution in [1.29, 1.82) is 5.26 Å². The SMILES string of the molecule is Cc1c(COc2cc(OCc3cncc(C#N)c3)c(CNC(CO)C(=O)O)cc2Cl)cccc1-c1cccc(OCCCN2CCN(CCO)CC2)c1C. The maximum Gasteiger partial charge on any atom is 0.323 e. The maximum absolute atomic E-state index is 11.5. The van der Waals surface area contributed by atoms with Crippen LogP contribution in [-0.4, -0.2) is 101 Å². The highest BCUT2D eigenvalue weighted by Crippen LogP contribution is 2.36. The summed E-state index contributed by atoms with van der Waals surface area (Å²) in [5.41, 5.74) is 6.86. The van der Waals surface area contributed by atoms with E-state index in [2.05, 4.69) is 52.2 Å². The molecule has 0 spiro atoms. The number of rotatable bonds is 19. The minimum atomic E-state index is -1.19. The average molecular weight is 758 g/mol. The number of pyridine rings is 1. The van der Waals surface area contributed by atoms with Crippen LogP contribution in [0.3, 0.4) is 0 Å². The largest absolute Gasteiger partial charge is 0.493 e. The Morgan fingerprint density at radius 2 is 1.59 bits per heavy atom. The topological polar surface area (TPSA) is 161 Å². The van der Waals surface area contributed by atoms with Gasteiger partial charge in [0.05, 0.1) is 30.4 Å². The quantitative estimate of drug-likeness (QED) is 0.0954. The van der Waals surface area contributed by atoms with Crippen LogP contribution in [0.5, 0.6) is 17.2 Å². The summed E-state index contributed by atoms with van der Waals surface area (Å²) >= 11 is 6.71. The van der Waals surface area contributed by atoms with E-state index in [9.17, 15) is 25.4 Å². The van der Waals surface area contributed by atoms with E-state index in [4.69, 9.17) is 25.8 Å². The number of aromatic nitrogens is 1. The molecule has 1 aromatic heterocycles. The molecule has 4 aromatic rings. The molecule has 1 unspecified atom stereocenters. The summed E-state index contributed by atoms with van der Waals surface area (Å²) in [6.45, 7) is 10.5. The molecule has 12 nitrogen and oxygen atoms in total. The molecule has 1 aliphatic heterocycles. The van der Waals surface area contributed by atoms with Crippen molar-refractivity contribution in [3.63, 3.8) is 0 Å². The number of nitrogens with zero attached hydrogens (tertiary/aromatic N) is 4. The molecule has 4 N–H and O–H groups in total. The first-order valence-electron chi connectivity index (χ1n) is 18.1. The van der Waals surface area contributed by atoms with E-state index in [-0.39, 0.29) is 26.4 Å². The monoisotopic (exact) mass is 757 g/mol. The molecule has 3 aromatic carbocycles. The number of piperazine rings is 1. The van der Waals surface area contributed by atoms with E-state index in [0.717, 1.165) is 79.3 Å². The molecule has 54 heavy (non-hydrogen) atoms. The zero-order valence-electron chi connectivity index (χ0n) is 30.8. The lowest BCUT2D eigenvalue weighted by Gasteiger charge is -2.34. The number of ether oxygens (including phenoxy) is 3. The molecule has 0 bridgehead atoms. The standard InChI is InChI=1S/C41H48ClN5O7/c1-28-32(6-3-7-34(28)35-8-4-9-38(29(35)2)52-17-5-10-46-11-13-47(14-12-46)15-16-48)27-54-40-20-39(53-26-31-18-30(21-43)22-44-23-31)33(19-36(40)42)24-45-37(25-49)41(50)51/h3-4,6-9,18-20,22-23,37,45,48-49H,5,10-17,24-27H2,1-2H3,(H,50,51). The Bertz CT molecular complexity index is 1910.